The average Bonchev–Trinajstić information content (AvgIpc) is 1.29. The van der Waals surface area contributed by atoms with Crippen LogP contribution in [0, 0.1) is 0 Å². The van der Waals surface area contributed by atoms with Crippen LogP contribution in [-0.2, 0) is 99.6 Å². The Kier molecular flexibility index (Phi) is 32.7. The molecule has 50 atom stereocenters. The molecule has 0 unspecified atom stereocenters. The molecule has 662 valence electrons. The van der Waals surface area contributed by atoms with E-state index in [-0.39, 0.29) is 0 Å². The van der Waals surface area contributed by atoms with Gasteiger partial charge in [-0.05, 0) is 20.8 Å². The van der Waals surface area contributed by atoms with Gasteiger partial charge in [-0.1, -0.05) is 0 Å². The molecule has 0 bridgehead atoms. The molecule has 0 aliphatic carbocycles. The lowest BCUT2D eigenvalue weighted by atomic mass is 9.93. The van der Waals surface area contributed by atoms with Gasteiger partial charge >= 0.3 is 0 Å². The van der Waals surface area contributed by atoms with E-state index in [2.05, 4.69) is 10.6 Å². The second kappa shape index (κ2) is 40.0. The lowest BCUT2D eigenvalue weighted by Crippen LogP contribution is -2.71. The third-order valence-electron chi connectivity index (χ3n) is 21.5. The van der Waals surface area contributed by atoms with Gasteiger partial charge in [-0.3, -0.25) is 9.59 Å². The zero-order valence-electron chi connectivity index (χ0n) is 61.5. The average molecular weight is 1670 g/mol. The van der Waals surface area contributed by atoms with Crippen molar-refractivity contribution in [3.63, 3.8) is 0 Å². The topological polar surface area (TPSA) is 780 Å². The van der Waals surface area contributed by atoms with Crippen LogP contribution in [0.5, 0.6) is 0 Å². The number of ether oxygens (including phenoxy) is 19. The summed E-state index contributed by atoms with van der Waals surface area (Å²) in [6, 6.07) is -3.95. The molecule has 114 heavy (non-hydrogen) atoms. The summed E-state index contributed by atoms with van der Waals surface area (Å²) in [6.07, 6.45) is -96.9. The molecule has 0 aromatic rings. The highest BCUT2D eigenvalue weighted by Crippen LogP contribution is 2.41. The molecule has 0 spiro atoms. The Balaban J connectivity index is 0.965. The molecule has 10 heterocycles. The number of carbonyl (C=O) groups excluding carboxylic acids is 2. The first-order valence-corrected chi connectivity index (χ1v) is 36.7. The Morgan fingerprint density at radius 2 is 0.544 bits per heavy atom. The summed E-state index contributed by atoms with van der Waals surface area (Å²) >= 11 is 0. The van der Waals surface area contributed by atoms with E-state index in [4.69, 9.17) is 90.0 Å². The van der Waals surface area contributed by atoms with Crippen LogP contribution in [0.25, 0.3) is 0 Å². The van der Waals surface area contributed by atoms with Gasteiger partial charge in [0.25, 0.3) is 0 Å². The molecule has 29 N–H and O–H groups in total. The SMILES string of the molecule is CC(=O)N[C@@H]1[C@@H](O[C@@H]2O[C@@H](C)[C@@H](O)[C@@H](O)[C@@H]2O)[C@H](O[C@@H]2O[C@H](CO)[C@@H](O[C@@H]3O[C@H](CO)[C@@H](O[C@@H]4O[C@H](CO)[C@H](O)[C@H](O)[C@H]4O[C@@H]4O[C@@H](C)[C@@H](O)[C@@H](O)[C@@H]4O)[C@H](O[C@H]4O[C@H](CO)[C@@H](O[C@H]5O[C@H](CO)[C@H](O)[C@H](O)[C@H]5O)[C@H](O)[C@@H]4O)[C@@H]3O)[C@H](O)[C@H]2NC(C)=O)[C@@H](CO[C@@H]2O[C@@H](C)[C@@H](O[C@@H]3O[C@H](CO)[C@H](O)[C@H](O)[C@H]3O)[C@@H](O)[C@@H]2O)O[C@H]1O. The van der Waals surface area contributed by atoms with E-state index in [0.29, 0.717) is 0 Å². The van der Waals surface area contributed by atoms with E-state index in [1.165, 1.54) is 20.8 Å². The molecule has 10 fully saturated rings. The van der Waals surface area contributed by atoms with E-state index < -0.39 is 365 Å². The first kappa shape index (κ1) is 93.4. The van der Waals surface area contributed by atoms with E-state index >= 15 is 0 Å². The lowest BCUT2D eigenvalue weighted by molar-refractivity contribution is -0.411. The summed E-state index contributed by atoms with van der Waals surface area (Å²) in [5.41, 5.74) is 0. The van der Waals surface area contributed by atoms with Gasteiger partial charge in [0.1, 0.15) is 226 Å². The number of hydrogen-bond donors (Lipinski definition) is 29. The summed E-state index contributed by atoms with van der Waals surface area (Å²) in [7, 11) is 0. The zero-order chi connectivity index (χ0) is 83.8. The van der Waals surface area contributed by atoms with Crippen LogP contribution in [0.3, 0.4) is 0 Å². The lowest BCUT2D eigenvalue weighted by Gasteiger charge is -2.52. The fourth-order valence-electron chi connectivity index (χ4n) is 15.0. The Labute approximate surface area is 646 Å². The van der Waals surface area contributed by atoms with Crippen molar-refractivity contribution in [3.8, 4) is 0 Å². The Morgan fingerprint density at radius 3 is 1.02 bits per heavy atom. The number of hydrogen-bond acceptors (Lipinski definition) is 48. The first-order chi connectivity index (χ1) is 53.8. The molecule has 10 saturated heterocycles. The number of rotatable bonds is 27. The standard InChI is InChI=1S/C64H108N2O48/c1-13-27(75)33(81)40(88)58(97-13)112-52-26(66-17(5)74)55(95)100-24(12-96-57-44(92)38(86)47(15(3)99-57)107-60-42(90)35(83)29(77)18(6-67)101-60)51(52)110-56-25(65-16(4)73)32(80)48(21(9-70)104-56)108-63-46(94)53(113-62-45(93)39(87)49(22(10-71)105-62)109-61-43(91)36(84)30(78)19(7-68)102-61)50(23(11-72)106-63)111-64-54(37(85)31(79)20(8-69)103-64)114-59-41(89)34(82)28(76)14(2)98-59/h13-15,18-64,67-72,75-95H,6-12H2,1-5H3,(H,65,73)(H,66,74)/t13-,14-,15-,18+,19+,20+,21+,22+,23+,24+,25+,26+,27+,28+,29-,30-,31-,32+,33+,34+,35-,36-,37-,38-,39+,40-,41-,42+,43+,44-,45-,46-,47+,48+,49+,50+,51+,52+,53+,54+,55+,56-,57+,58-,59-,60-,61+,62+,63-,64-/m0/s1. The molecule has 50 heteroatoms. The monoisotopic (exact) mass is 1670 g/mol. The number of amides is 2. The van der Waals surface area contributed by atoms with Gasteiger partial charge in [0, 0.05) is 13.8 Å². The van der Waals surface area contributed by atoms with Crippen LogP contribution in [0.2, 0.25) is 0 Å². The van der Waals surface area contributed by atoms with Gasteiger partial charge in [-0.25, -0.2) is 0 Å². The van der Waals surface area contributed by atoms with Gasteiger partial charge in [0.2, 0.25) is 11.8 Å². The molecule has 10 aliphatic rings. The number of aliphatic hydroxyl groups is 27. The maximum absolute atomic E-state index is 13.4. The van der Waals surface area contributed by atoms with Crippen LogP contribution < -0.4 is 10.6 Å². The van der Waals surface area contributed by atoms with Crippen molar-refractivity contribution in [2.24, 2.45) is 0 Å². The highest BCUT2D eigenvalue weighted by molar-refractivity contribution is 5.73. The van der Waals surface area contributed by atoms with Crippen LogP contribution >= 0.6 is 0 Å². The van der Waals surface area contributed by atoms with Crippen molar-refractivity contribution in [1.82, 2.24) is 10.6 Å². The van der Waals surface area contributed by atoms with Crippen molar-refractivity contribution in [3.05, 3.63) is 0 Å². The van der Waals surface area contributed by atoms with Crippen molar-refractivity contribution in [1.29, 1.82) is 0 Å². The van der Waals surface area contributed by atoms with Crippen molar-refractivity contribution >= 4 is 11.8 Å². The molecule has 0 aromatic heterocycles. The Morgan fingerprint density at radius 1 is 0.246 bits per heavy atom. The second-order valence-electron chi connectivity index (χ2n) is 29.5. The van der Waals surface area contributed by atoms with Gasteiger partial charge in [-0.2, -0.15) is 0 Å². The Bertz CT molecular complexity index is 2990. The number of aliphatic hydroxyl groups excluding tert-OH is 27. The van der Waals surface area contributed by atoms with Crippen LogP contribution in [-0.4, -0.2) is 503 Å². The van der Waals surface area contributed by atoms with Gasteiger partial charge in [0.15, 0.2) is 62.9 Å². The summed E-state index contributed by atoms with van der Waals surface area (Å²) in [6.45, 7) is -2.03. The molecule has 0 radical (unpaired) electrons. The molecule has 0 saturated carbocycles. The molecular formula is C64H108N2O48. The minimum absolute atomic E-state index is 0.870. The van der Waals surface area contributed by atoms with E-state index in [1.807, 2.05) is 0 Å². The first-order valence-electron chi connectivity index (χ1n) is 36.7. The van der Waals surface area contributed by atoms with Crippen LogP contribution in [0.15, 0.2) is 0 Å². The molecule has 10 aliphatic heterocycles. The maximum Gasteiger partial charge on any atom is 0.217 e. The minimum atomic E-state index is -2.58. The van der Waals surface area contributed by atoms with E-state index in [0.717, 1.165) is 13.8 Å². The molecule has 0 aromatic carbocycles. The second-order valence-corrected chi connectivity index (χ2v) is 29.5. The van der Waals surface area contributed by atoms with Gasteiger partial charge in [-0.15, -0.1) is 0 Å². The molecule has 10 rings (SSSR count). The van der Waals surface area contributed by atoms with Gasteiger partial charge < -0.3 is 239 Å². The Hall–Kier alpha value is -2.90. The van der Waals surface area contributed by atoms with E-state index in [9.17, 15) is 147 Å². The third kappa shape index (κ3) is 19.7. The fraction of sp³-hybridized carbons (Fsp3) is 0.969. The zero-order valence-corrected chi connectivity index (χ0v) is 61.5. The third-order valence-corrected chi connectivity index (χ3v) is 21.5. The number of carbonyl (C=O) groups is 2. The summed E-state index contributed by atoms with van der Waals surface area (Å²) in [5.74, 6) is -1.93. The van der Waals surface area contributed by atoms with Gasteiger partial charge in [0.05, 0.1) is 64.6 Å². The molecule has 50 nitrogen and oxygen atoms in total. The predicted octanol–water partition coefficient (Wildman–Crippen LogP) is -19.4. The van der Waals surface area contributed by atoms with Crippen LogP contribution in [0.1, 0.15) is 34.6 Å². The van der Waals surface area contributed by atoms with E-state index in [1.54, 1.807) is 0 Å². The quantitative estimate of drug-likeness (QED) is 0.0363. The molecular weight excluding hydrogens is 1560 g/mol. The van der Waals surface area contributed by atoms with Crippen LogP contribution in [0.4, 0.5) is 0 Å². The van der Waals surface area contributed by atoms with Crippen molar-refractivity contribution in [2.45, 2.75) is 342 Å². The number of nitrogens with one attached hydrogen (secondary N) is 2. The minimum Gasteiger partial charge on any atom is -0.394 e. The molecule has 2 amide bonds. The predicted molar refractivity (Wildman–Crippen MR) is 349 cm³/mol. The summed E-state index contributed by atoms with van der Waals surface area (Å²) in [4.78, 5) is 26.5. The van der Waals surface area contributed by atoms with Crippen molar-refractivity contribution in [2.75, 3.05) is 46.2 Å². The van der Waals surface area contributed by atoms with Crippen molar-refractivity contribution < 1.29 is 237 Å². The maximum atomic E-state index is 13.4. The highest BCUT2D eigenvalue weighted by Gasteiger charge is 2.62. The largest absolute Gasteiger partial charge is 0.394 e. The normalized spacial score (nSPS) is 52.5. The fourth-order valence-corrected chi connectivity index (χ4v) is 15.0. The highest BCUT2D eigenvalue weighted by atomic mass is 16.8. The summed E-state index contributed by atoms with van der Waals surface area (Å²) < 4.78 is 113. The smallest absolute Gasteiger partial charge is 0.217 e. The summed E-state index contributed by atoms with van der Waals surface area (Å²) in [5, 5.41) is 303.